The highest BCUT2D eigenvalue weighted by Crippen LogP contribution is 1.97. The van der Waals surface area contributed by atoms with Crippen LogP contribution in [0.4, 0.5) is 0 Å². The van der Waals surface area contributed by atoms with Crippen molar-refractivity contribution in [3.63, 3.8) is 0 Å². The summed E-state index contributed by atoms with van der Waals surface area (Å²) in [6.45, 7) is 6.40. The summed E-state index contributed by atoms with van der Waals surface area (Å²) >= 11 is 1.92. The van der Waals surface area contributed by atoms with Gasteiger partial charge in [-0.1, -0.05) is 13.8 Å². The fraction of sp³-hybridized carbons (Fsp3) is 0.545. The minimum Gasteiger partial charge on any atom is -0.354 e. The van der Waals surface area contributed by atoms with Crippen LogP contribution in [0.2, 0.25) is 0 Å². The van der Waals surface area contributed by atoms with Crippen LogP contribution >= 0.6 is 22.6 Å². The molecule has 17 heavy (non-hydrogen) atoms. The number of carbonyl (C=O) groups excluding carboxylic acids is 1. The lowest BCUT2D eigenvalue weighted by Gasteiger charge is -2.11. The van der Waals surface area contributed by atoms with E-state index in [1.807, 2.05) is 36.4 Å². The number of nitrogens with zero attached hydrogens (tertiary/aromatic N) is 2. The molecule has 0 fully saturated rings. The van der Waals surface area contributed by atoms with Gasteiger partial charge in [0.05, 0.1) is 3.57 Å². The normalized spacial score (nSPS) is 10.6. The molecule has 0 aromatic carbocycles. The van der Waals surface area contributed by atoms with Crippen LogP contribution in [-0.2, 0) is 11.3 Å². The zero-order valence-corrected chi connectivity index (χ0v) is 12.3. The first-order valence-corrected chi connectivity index (χ1v) is 6.48. The summed E-state index contributed by atoms with van der Waals surface area (Å²) in [6.07, 6.45) is 1.51. The summed E-state index contributed by atoms with van der Waals surface area (Å²) in [5, 5.41) is 2.78. The number of amides is 1. The number of hydrogen-bond acceptors (Lipinski definition) is 3. The number of halogens is 1. The van der Waals surface area contributed by atoms with Crippen LogP contribution in [0, 0.1) is 16.4 Å². The van der Waals surface area contributed by atoms with Crippen LogP contribution in [0.1, 0.15) is 19.7 Å². The van der Waals surface area contributed by atoms with Gasteiger partial charge in [-0.3, -0.25) is 14.2 Å². The van der Waals surface area contributed by atoms with E-state index in [1.165, 1.54) is 10.8 Å². The molecule has 0 aliphatic heterocycles. The molecule has 1 aromatic heterocycles. The average Bonchev–Trinajstić information content (AvgIpc) is 2.27. The van der Waals surface area contributed by atoms with E-state index in [-0.39, 0.29) is 18.0 Å². The molecule has 0 bridgehead atoms. The lowest BCUT2D eigenvalue weighted by Crippen LogP contribution is -2.36. The van der Waals surface area contributed by atoms with Gasteiger partial charge in [0.15, 0.2) is 0 Å². The maximum absolute atomic E-state index is 11.8. The third-order valence-electron chi connectivity index (χ3n) is 2.21. The molecule has 5 nitrogen and oxygen atoms in total. The maximum Gasteiger partial charge on any atom is 0.267 e. The zero-order valence-electron chi connectivity index (χ0n) is 10.2. The van der Waals surface area contributed by atoms with Crippen molar-refractivity contribution < 1.29 is 4.79 Å². The summed E-state index contributed by atoms with van der Waals surface area (Å²) in [6, 6.07) is 0. The molecule has 0 aliphatic rings. The van der Waals surface area contributed by atoms with Crippen LogP contribution in [0.25, 0.3) is 0 Å². The Morgan fingerprint density at radius 3 is 2.82 bits per heavy atom. The van der Waals surface area contributed by atoms with E-state index in [4.69, 9.17) is 0 Å². The highest BCUT2D eigenvalue weighted by Gasteiger charge is 2.09. The third kappa shape index (κ3) is 4.10. The fourth-order valence-electron chi connectivity index (χ4n) is 1.25. The van der Waals surface area contributed by atoms with Crippen molar-refractivity contribution in [2.24, 2.45) is 5.92 Å². The Hall–Kier alpha value is -0.920. The van der Waals surface area contributed by atoms with Crippen molar-refractivity contribution in [2.75, 3.05) is 6.54 Å². The third-order valence-corrected chi connectivity index (χ3v) is 2.95. The Bertz CT molecular complexity index is 468. The van der Waals surface area contributed by atoms with Crippen LogP contribution < -0.4 is 10.9 Å². The van der Waals surface area contributed by atoms with E-state index < -0.39 is 0 Å². The summed E-state index contributed by atoms with van der Waals surface area (Å²) in [5.41, 5.74) is -0.169. The maximum atomic E-state index is 11.8. The largest absolute Gasteiger partial charge is 0.354 e. The van der Waals surface area contributed by atoms with E-state index in [1.54, 1.807) is 6.92 Å². The van der Waals surface area contributed by atoms with Crippen molar-refractivity contribution in [3.05, 3.63) is 25.9 Å². The highest BCUT2D eigenvalue weighted by atomic mass is 127. The number of aromatic nitrogens is 2. The van der Waals surface area contributed by atoms with Gasteiger partial charge < -0.3 is 5.32 Å². The molecule has 0 saturated carbocycles. The minimum absolute atomic E-state index is 0.0290. The molecule has 0 radical (unpaired) electrons. The summed E-state index contributed by atoms with van der Waals surface area (Å²) < 4.78 is 1.90. The summed E-state index contributed by atoms with van der Waals surface area (Å²) in [5.74, 6) is 0.786. The Kier molecular flexibility index (Phi) is 5.10. The molecule has 0 unspecified atom stereocenters. The molecule has 1 amide bonds. The second-order valence-electron chi connectivity index (χ2n) is 4.24. The second-order valence-corrected chi connectivity index (χ2v) is 5.40. The van der Waals surface area contributed by atoms with Gasteiger partial charge in [-0.05, 0) is 35.4 Å². The van der Waals surface area contributed by atoms with Crippen molar-refractivity contribution in [1.29, 1.82) is 0 Å². The molecule has 6 heteroatoms. The van der Waals surface area contributed by atoms with E-state index in [2.05, 4.69) is 10.3 Å². The number of carbonyl (C=O) groups is 1. The van der Waals surface area contributed by atoms with E-state index in [0.717, 1.165) is 0 Å². The molecule has 1 N–H and O–H groups in total. The van der Waals surface area contributed by atoms with Crippen LogP contribution in [0.3, 0.4) is 0 Å². The molecule has 1 aromatic rings. The number of aryl methyl sites for hydroxylation is 1. The summed E-state index contributed by atoms with van der Waals surface area (Å²) in [4.78, 5) is 27.5. The first kappa shape index (κ1) is 14.1. The van der Waals surface area contributed by atoms with Crippen molar-refractivity contribution in [2.45, 2.75) is 27.3 Å². The zero-order chi connectivity index (χ0) is 13.0. The number of nitrogens with one attached hydrogen (secondary N) is 1. The molecule has 0 saturated heterocycles. The molecule has 0 atom stereocenters. The molecule has 0 spiro atoms. The second kappa shape index (κ2) is 6.13. The SMILES string of the molecule is Cc1ncc(I)c(=O)n1CC(=O)NCC(C)C. The lowest BCUT2D eigenvalue weighted by atomic mass is 10.2. The first-order chi connectivity index (χ1) is 7.91. The smallest absolute Gasteiger partial charge is 0.267 e. The molecule has 1 rings (SSSR count). The van der Waals surface area contributed by atoms with Gasteiger partial charge in [0.1, 0.15) is 12.4 Å². The van der Waals surface area contributed by atoms with Crippen LogP contribution in [0.5, 0.6) is 0 Å². The lowest BCUT2D eigenvalue weighted by molar-refractivity contribution is -0.121. The minimum atomic E-state index is -0.169. The van der Waals surface area contributed by atoms with Gasteiger partial charge in [-0.25, -0.2) is 4.98 Å². The van der Waals surface area contributed by atoms with Crippen LogP contribution in [-0.4, -0.2) is 22.0 Å². The summed E-state index contributed by atoms with van der Waals surface area (Å²) in [7, 11) is 0. The highest BCUT2D eigenvalue weighted by molar-refractivity contribution is 14.1. The fourth-order valence-corrected chi connectivity index (χ4v) is 1.69. The topological polar surface area (TPSA) is 64.0 Å². The molecular weight excluding hydrogens is 333 g/mol. The van der Waals surface area contributed by atoms with Gasteiger partial charge in [0.2, 0.25) is 5.91 Å². The Morgan fingerprint density at radius 1 is 1.59 bits per heavy atom. The van der Waals surface area contributed by atoms with Crippen molar-refractivity contribution >= 4 is 28.5 Å². The quantitative estimate of drug-likeness (QED) is 0.823. The molecular formula is C11H16IN3O2. The monoisotopic (exact) mass is 349 g/mol. The van der Waals surface area contributed by atoms with Gasteiger partial charge in [-0.2, -0.15) is 0 Å². The Balaban J connectivity index is 2.78. The van der Waals surface area contributed by atoms with Gasteiger partial charge in [-0.15, -0.1) is 0 Å². The van der Waals surface area contributed by atoms with Crippen molar-refractivity contribution in [1.82, 2.24) is 14.9 Å². The van der Waals surface area contributed by atoms with Gasteiger partial charge in [0.25, 0.3) is 5.56 Å². The average molecular weight is 349 g/mol. The molecule has 1 heterocycles. The number of hydrogen-bond donors (Lipinski definition) is 1. The van der Waals surface area contributed by atoms with Gasteiger partial charge >= 0.3 is 0 Å². The predicted octanol–water partition coefficient (Wildman–Crippen LogP) is 0.929. The van der Waals surface area contributed by atoms with Gasteiger partial charge in [0, 0.05) is 12.7 Å². The van der Waals surface area contributed by atoms with E-state index >= 15 is 0 Å². The Morgan fingerprint density at radius 2 is 2.24 bits per heavy atom. The predicted molar refractivity (Wildman–Crippen MR) is 73.8 cm³/mol. The Labute approximate surface area is 114 Å². The van der Waals surface area contributed by atoms with Crippen LogP contribution in [0.15, 0.2) is 11.0 Å². The molecule has 94 valence electrons. The number of rotatable bonds is 4. The van der Waals surface area contributed by atoms with E-state index in [0.29, 0.717) is 21.9 Å². The molecule has 0 aliphatic carbocycles. The van der Waals surface area contributed by atoms with E-state index in [9.17, 15) is 9.59 Å². The standard InChI is InChI=1S/C11H16IN3O2/c1-7(2)4-14-10(16)6-15-8(3)13-5-9(12)11(15)17/h5,7H,4,6H2,1-3H3,(H,14,16). The first-order valence-electron chi connectivity index (χ1n) is 5.40. The van der Waals surface area contributed by atoms with Crippen molar-refractivity contribution in [3.8, 4) is 0 Å².